The molecule has 0 heterocycles. The highest BCUT2D eigenvalue weighted by atomic mass is 35.5. The molecule has 2 aromatic carbocycles. The first-order valence-electron chi connectivity index (χ1n) is 7.24. The van der Waals surface area contributed by atoms with Gasteiger partial charge in [0.1, 0.15) is 11.6 Å². The molecule has 2 amide bonds. The van der Waals surface area contributed by atoms with Crippen LogP contribution < -0.4 is 15.8 Å². The summed E-state index contributed by atoms with van der Waals surface area (Å²) in [5.74, 6) is -1.17. The smallest absolute Gasteiger partial charge is 0.255 e. The van der Waals surface area contributed by atoms with Crippen molar-refractivity contribution in [2.75, 3.05) is 6.61 Å². The SMILES string of the molecule is C[C@@H](NC(=O)c1ccc(OCC(N)=O)cc1)c1cc(F)c(Cl)cc1Cl. The zero-order valence-corrected chi connectivity index (χ0v) is 14.7. The number of benzene rings is 2. The van der Waals surface area contributed by atoms with Gasteiger partial charge in [0.15, 0.2) is 6.61 Å². The lowest BCUT2D eigenvalue weighted by atomic mass is 10.1. The Morgan fingerprint density at radius 2 is 1.84 bits per heavy atom. The lowest BCUT2D eigenvalue weighted by Gasteiger charge is -2.16. The maximum atomic E-state index is 13.6. The van der Waals surface area contributed by atoms with Gasteiger partial charge in [-0.2, -0.15) is 0 Å². The number of nitrogens with two attached hydrogens (primary N) is 1. The van der Waals surface area contributed by atoms with E-state index >= 15 is 0 Å². The van der Waals surface area contributed by atoms with Gasteiger partial charge in [0.25, 0.3) is 11.8 Å². The Hall–Kier alpha value is -2.31. The fourth-order valence-corrected chi connectivity index (χ4v) is 2.63. The number of hydrogen-bond acceptors (Lipinski definition) is 3. The number of hydrogen-bond donors (Lipinski definition) is 2. The van der Waals surface area contributed by atoms with Gasteiger partial charge in [-0.15, -0.1) is 0 Å². The molecule has 3 N–H and O–H groups in total. The zero-order chi connectivity index (χ0) is 18.6. The Morgan fingerprint density at radius 3 is 2.44 bits per heavy atom. The second kappa shape index (κ2) is 8.18. The lowest BCUT2D eigenvalue weighted by Crippen LogP contribution is -2.27. The van der Waals surface area contributed by atoms with E-state index in [1.54, 1.807) is 6.92 Å². The second-order valence-electron chi connectivity index (χ2n) is 5.26. The van der Waals surface area contributed by atoms with Gasteiger partial charge in [0, 0.05) is 10.6 Å². The van der Waals surface area contributed by atoms with Crippen LogP contribution in [0, 0.1) is 5.82 Å². The van der Waals surface area contributed by atoms with Gasteiger partial charge in [-0.25, -0.2) is 4.39 Å². The summed E-state index contributed by atoms with van der Waals surface area (Å²) < 4.78 is 18.7. The normalized spacial score (nSPS) is 11.7. The fourth-order valence-electron chi connectivity index (χ4n) is 2.08. The molecule has 0 saturated heterocycles. The fraction of sp³-hybridized carbons (Fsp3) is 0.176. The number of nitrogens with one attached hydrogen (secondary N) is 1. The number of primary amides is 1. The van der Waals surface area contributed by atoms with Crippen molar-refractivity contribution < 1.29 is 18.7 Å². The van der Waals surface area contributed by atoms with Crippen molar-refractivity contribution in [2.45, 2.75) is 13.0 Å². The van der Waals surface area contributed by atoms with Crippen LogP contribution in [0.3, 0.4) is 0 Å². The molecule has 0 fully saturated rings. The third-order valence-corrected chi connectivity index (χ3v) is 3.97. The number of carbonyl (C=O) groups excluding carboxylic acids is 2. The standard InChI is InChI=1S/C17H15Cl2FN2O3/c1-9(12-6-15(20)14(19)7-13(12)18)22-17(24)10-2-4-11(5-3-10)25-8-16(21)23/h2-7,9H,8H2,1H3,(H2,21,23)(H,22,24)/t9-/m1/s1. The van der Waals surface area contributed by atoms with E-state index in [1.807, 2.05) is 0 Å². The molecule has 8 heteroatoms. The van der Waals surface area contributed by atoms with Crippen LogP contribution >= 0.6 is 23.2 Å². The first-order chi connectivity index (χ1) is 11.8. The summed E-state index contributed by atoms with van der Waals surface area (Å²) in [7, 11) is 0. The quantitative estimate of drug-likeness (QED) is 0.747. The van der Waals surface area contributed by atoms with Gasteiger partial charge in [-0.1, -0.05) is 23.2 Å². The number of carbonyl (C=O) groups is 2. The predicted octanol–water partition coefficient (Wildman–Crippen LogP) is 3.49. The Bertz CT molecular complexity index is 797. The summed E-state index contributed by atoms with van der Waals surface area (Å²) in [6.45, 7) is 1.43. The minimum atomic E-state index is -0.613. The highest BCUT2D eigenvalue weighted by molar-refractivity contribution is 6.35. The van der Waals surface area contributed by atoms with Crippen molar-refractivity contribution in [3.05, 3.63) is 63.4 Å². The van der Waals surface area contributed by atoms with E-state index in [0.29, 0.717) is 16.9 Å². The Morgan fingerprint density at radius 1 is 1.20 bits per heavy atom. The van der Waals surface area contributed by atoms with Crippen molar-refractivity contribution >= 4 is 35.0 Å². The first kappa shape index (κ1) is 19.0. The monoisotopic (exact) mass is 384 g/mol. The molecule has 1 atom stereocenters. The zero-order valence-electron chi connectivity index (χ0n) is 13.2. The molecule has 0 unspecified atom stereocenters. The van der Waals surface area contributed by atoms with Crippen molar-refractivity contribution in [1.29, 1.82) is 0 Å². The lowest BCUT2D eigenvalue weighted by molar-refractivity contribution is -0.119. The van der Waals surface area contributed by atoms with Crippen LogP contribution in [0.1, 0.15) is 28.9 Å². The van der Waals surface area contributed by atoms with Gasteiger partial charge in [-0.3, -0.25) is 9.59 Å². The summed E-state index contributed by atoms with van der Waals surface area (Å²) >= 11 is 11.7. The van der Waals surface area contributed by atoms with Gasteiger partial charge >= 0.3 is 0 Å². The maximum absolute atomic E-state index is 13.6. The van der Waals surface area contributed by atoms with Crippen molar-refractivity contribution in [3.63, 3.8) is 0 Å². The Labute approximate surface area is 153 Å². The average molecular weight is 385 g/mol. The molecule has 0 aliphatic rings. The van der Waals surface area contributed by atoms with E-state index in [1.165, 1.54) is 36.4 Å². The van der Waals surface area contributed by atoms with Crippen LogP contribution in [-0.4, -0.2) is 18.4 Å². The van der Waals surface area contributed by atoms with Crippen LogP contribution in [0.5, 0.6) is 5.75 Å². The van der Waals surface area contributed by atoms with Crippen LogP contribution in [0.25, 0.3) is 0 Å². The van der Waals surface area contributed by atoms with Crippen molar-refractivity contribution in [3.8, 4) is 5.75 Å². The minimum absolute atomic E-state index is 0.0844. The van der Waals surface area contributed by atoms with E-state index in [0.717, 1.165) is 0 Å². The molecule has 0 radical (unpaired) electrons. The van der Waals surface area contributed by atoms with E-state index < -0.39 is 17.8 Å². The van der Waals surface area contributed by atoms with Crippen molar-refractivity contribution in [1.82, 2.24) is 5.32 Å². The summed E-state index contributed by atoms with van der Waals surface area (Å²) in [5, 5.41) is 2.90. The molecular weight excluding hydrogens is 370 g/mol. The van der Waals surface area contributed by atoms with E-state index in [4.69, 9.17) is 33.7 Å². The van der Waals surface area contributed by atoms with E-state index in [9.17, 15) is 14.0 Å². The van der Waals surface area contributed by atoms with Crippen LogP contribution in [-0.2, 0) is 4.79 Å². The molecule has 2 aromatic rings. The molecule has 2 rings (SSSR count). The van der Waals surface area contributed by atoms with E-state index in [2.05, 4.69) is 5.32 Å². The molecule has 132 valence electrons. The highest BCUT2D eigenvalue weighted by Crippen LogP contribution is 2.28. The van der Waals surface area contributed by atoms with Crippen LogP contribution in [0.4, 0.5) is 4.39 Å². The molecule has 0 aromatic heterocycles. The molecular formula is C17H15Cl2FN2O3. The number of halogens is 3. The summed E-state index contributed by atoms with van der Waals surface area (Å²) in [5.41, 5.74) is 5.77. The van der Waals surface area contributed by atoms with E-state index in [-0.39, 0.29) is 22.6 Å². The Kier molecular flexibility index (Phi) is 6.22. The molecule has 5 nitrogen and oxygen atoms in total. The molecule has 0 spiro atoms. The van der Waals surface area contributed by atoms with Gasteiger partial charge in [0.2, 0.25) is 0 Å². The molecule has 0 aliphatic heterocycles. The summed E-state index contributed by atoms with van der Waals surface area (Å²) in [6, 6.07) is 8.09. The van der Waals surface area contributed by atoms with Crippen LogP contribution in [0.15, 0.2) is 36.4 Å². The second-order valence-corrected chi connectivity index (χ2v) is 6.08. The van der Waals surface area contributed by atoms with Crippen molar-refractivity contribution in [2.24, 2.45) is 5.73 Å². The average Bonchev–Trinajstić information content (AvgIpc) is 2.56. The topological polar surface area (TPSA) is 81.4 Å². The number of amides is 2. The third-order valence-electron chi connectivity index (χ3n) is 3.35. The summed E-state index contributed by atoms with van der Waals surface area (Å²) in [6.07, 6.45) is 0. The minimum Gasteiger partial charge on any atom is -0.484 e. The highest BCUT2D eigenvalue weighted by Gasteiger charge is 2.16. The largest absolute Gasteiger partial charge is 0.484 e. The van der Waals surface area contributed by atoms with Gasteiger partial charge < -0.3 is 15.8 Å². The molecule has 25 heavy (non-hydrogen) atoms. The van der Waals surface area contributed by atoms with Gasteiger partial charge in [0.05, 0.1) is 11.1 Å². The Balaban J connectivity index is 2.06. The molecule has 0 aliphatic carbocycles. The van der Waals surface area contributed by atoms with Crippen LogP contribution in [0.2, 0.25) is 10.0 Å². The third kappa shape index (κ3) is 5.08. The maximum Gasteiger partial charge on any atom is 0.255 e. The first-order valence-corrected chi connectivity index (χ1v) is 8.00. The van der Waals surface area contributed by atoms with Gasteiger partial charge in [-0.05, 0) is 48.9 Å². The predicted molar refractivity (Wildman–Crippen MR) is 93.4 cm³/mol. The number of ether oxygens (including phenoxy) is 1. The molecule has 0 saturated carbocycles. The summed E-state index contributed by atoms with van der Waals surface area (Å²) in [4.78, 5) is 22.9. The molecule has 0 bridgehead atoms. The number of rotatable bonds is 6.